The zero-order chi connectivity index (χ0) is 25.2. The van der Waals surface area contributed by atoms with E-state index in [1.165, 1.54) is 0 Å². The summed E-state index contributed by atoms with van der Waals surface area (Å²) in [6.07, 6.45) is 11.4. The van der Waals surface area contributed by atoms with Crippen LogP contribution in [0.2, 0.25) is 0 Å². The van der Waals surface area contributed by atoms with Crippen molar-refractivity contribution in [1.82, 2.24) is 15.0 Å². The Morgan fingerprint density at radius 2 is 0.750 bits per heavy atom. The monoisotopic (exact) mass is 477 g/mol. The lowest BCUT2D eigenvalue weighted by molar-refractivity contribution is 0.414. The van der Waals surface area contributed by atoms with Gasteiger partial charge in [-0.25, -0.2) is 15.0 Å². The van der Waals surface area contributed by atoms with Crippen molar-refractivity contribution in [3.8, 4) is 17.2 Å². The minimum Gasteiger partial charge on any atom is -0.497 e. The fourth-order valence-corrected chi connectivity index (χ4v) is 3.40. The summed E-state index contributed by atoms with van der Waals surface area (Å²) in [5.74, 6) is 4.00. The topological polar surface area (TPSA) is 66.4 Å². The molecule has 0 bridgehead atoms. The number of methoxy groups -OCH3 is 3. The molecule has 0 saturated heterocycles. The second-order valence-electron chi connectivity index (χ2n) is 7.74. The first-order valence-electron chi connectivity index (χ1n) is 11.4. The van der Waals surface area contributed by atoms with E-state index in [2.05, 4.69) is 15.0 Å². The molecule has 0 unspecified atom stereocenters. The third kappa shape index (κ3) is 6.90. The summed E-state index contributed by atoms with van der Waals surface area (Å²) in [6, 6.07) is 23.4. The fourth-order valence-electron chi connectivity index (χ4n) is 3.40. The van der Waals surface area contributed by atoms with Gasteiger partial charge in [-0.05, 0) is 71.3 Å². The first kappa shape index (κ1) is 24.4. The van der Waals surface area contributed by atoms with Crippen molar-refractivity contribution in [2.24, 2.45) is 0 Å². The van der Waals surface area contributed by atoms with Gasteiger partial charge in [-0.1, -0.05) is 54.6 Å². The summed E-state index contributed by atoms with van der Waals surface area (Å²) >= 11 is 0. The van der Waals surface area contributed by atoms with Gasteiger partial charge in [0.15, 0.2) is 17.5 Å². The van der Waals surface area contributed by atoms with E-state index in [9.17, 15) is 0 Å². The van der Waals surface area contributed by atoms with Gasteiger partial charge in [-0.3, -0.25) is 0 Å². The number of aromatic nitrogens is 3. The molecule has 3 aromatic carbocycles. The Kier molecular flexibility index (Phi) is 8.22. The van der Waals surface area contributed by atoms with Crippen LogP contribution in [0.25, 0.3) is 36.5 Å². The van der Waals surface area contributed by atoms with Crippen molar-refractivity contribution in [3.05, 3.63) is 107 Å². The van der Waals surface area contributed by atoms with Gasteiger partial charge >= 0.3 is 0 Å². The van der Waals surface area contributed by atoms with Crippen LogP contribution in [0.3, 0.4) is 0 Å². The van der Waals surface area contributed by atoms with Crippen LogP contribution >= 0.6 is 0 Å². The van der Waals surface area contributed by atoms with Crippen LogP contribution in [0.4, 0.5) is 0 Å². The minimum absolute atomic E-state index is 0.545. The van der Waals surface area contributed by atoms with Gasteiger partial charge in [-0.15, -0.1) is 0 Å². The molecule has 0 amide bonds. The zero-order valence-electron chi connectivity index (χ0n) is 20.5. The van der Waals surface area contributed by atoms with E-state index in [4.69, 9.17) is 14.2 Å². The van der Waals surface area contributed by atoms with E-state index in [1.807, 2.05) is 109 Å². The number of benzene rings is 3. The predicted molar refractivity (Wildman–Crippen MR) is 146 cm³/mol. The smallest absolute Gasteiger partial charge is 0.156 e. The van der Waals surface area contributed by atoms with Crippen molar-refractivity contribution in [2.45, 2.75) is 0 Å². The first-order chi connectivity index (χ1) is 17.6. The molecule has 0 spiro atoms. The Hall–Kier alpha value is -4.71. The lowest BCUT2D eigenvalue weighted by Crippen LogP contribution is -1.99. The number of ether oxygens (including phenoxy) is 3. The van der Waals surface area contributed by atoms with Gasteiger partial charge in [0.2, 0.25) is 0 Å². The fraction of sp³-hybridized carbons (Fsp3) is 0.100. The molecular weight excluding hydrogens is 450 g/mol. The number of hydrogen-bond acceptors (Lipinski definition) is 6. The van der Waals surface area contributed by atoms with Gasteiger partial charge in [0.25, 0.3) is 0 Å². The standard InChI is InChI=1S/C30H27N3O3/c1-34-25-10-4-7-22(19-25)13-16-28-31-29(17-14-23-8-5-11-26(20-23)35-2)33-30(32-28)18-15-24-9-6-12-27(21-24)36-3/h4-21H,1-3H3. The molecular formula is C30H27N3O3. The number of nitrogens with zero attached hydrogens (tertiary/aromatic N) is 3. The maximum absolute atomic E-state index is 5.31. The summed E-state index contributed by atoms with van der Waals surface area (Å²) in [5, 5.41) is 0. The van der Waals surface area contributed by atoms with Crippen LogP contribution in [0.15, 0.2) is 72.8 Å². The third-order valence-corrected chi connectivity index (χ3v) is 5.24. The van der Waals surface area contributed by atoms with Crippen molar-refractivity contribution in [1.29, 1.82) is 0 Å². The maximum atomic E-state index is 5.31. The molecule has 0 saturated carbocycles. The van der Waals surface area contributed by atoms with Crippen LogP contribution in [-0.2, 0) is 0 Å². The zero-order valence-corrected chi connectivity index (χ0v) is 20.5. The molecule has 0 radical (unpaired) electrons. The summed E-state index contributed by atoms with van der Waals surface area (Å²) in [7, 11) is 4.95. The largest absolute Gasteiger partial charge is 0.497 e. The van der Waals surface area contributed by atoms with Crippen molar-refractivity contribution in [2.75, 3.05) is 21.3 Å². The average Bonchev–Trinajstić information content (AvgIpc) is 2.94. The van der Waals surface area contributed by atoms with Crippen molar-refractivity contribution in [3.63, 3.8) is 0 Å². The van der Waals surface area contributed by atoms with Gasteiger partial charge in [0, 0.05) is 0 Å². The molecule has 0 aliphatic carbocycles. The lowest BCUT2D eigenvalue weighted by Gasteiger charge is -2.03. The van der Waals surface area contributed by atoms with Gasteiger partial charge < -0.3 is 14.2 Å². The molecule has 1 heterocycles. The Morgan fingerprint density at radius 1 is 0.444 bits per heavy atom. The molecule has 4 rings (SSSR count). The lowest BCUT2D eigenvalue weighted by atomic mass is 10.2. The molecule has 0 fully saturated rings. The Morgan fingerprint density at radius 3 is 1.03 bits per heavy atom. The molecule has 4 aromatic rings. The second-order valence-corrected chi connectivity index (χ2v) is 7.74. The molecule has 180 valence electrons. The van der Waals surface area contributed by atoms with E-state index in [0.717, 1.165) is 33.9 Å². The third-order valence-electron chi connectivity index (χ3n) is 5.24. The average molecular weight is 478 g/mol. The number of hydrogen-bond donors (Lipinski definition) is 0. The summed E-state index contributed by atoms with van der Waals surface area (Å²) < 4.78 is 15.9. The SMILES string of the molecule is COc1cccc(C=Cc2nc(C=Cc3cccc(OC)c3)nc(C=Cc3cccc(OC)c3)n2)c1. The van der Waals surface area contributed by atoms with E-state index < -0.39 is 0 Å². The quantitative estimate of drug-likeness (QED) is 0.278. The van der Waals surface area contributed by atoms with Crippen LogP contribution in [0.1, 0.15) is 34.2 Å². The second kappa shape index (κ2) is 12.1. The maximum Gasteiger partial charge on any atom is 0.156 e. The van der Waals surface area contributed by atoms with Crippen LogP contribution in [0.5, 0.6) is 17.2 Å². The van der Waals surface area contributed by atoms with E-state index in [0.29, 0.717) is 17.5 Å². The van der Waals surface area contributed by atoms with Crippen LogP contribution in [-0.4, -0.2) is 36.3 Å². The van der Waals surface area contributed by atoms with Crippen molar-refractivity contribution < 1.29 is 14.2 Å². The predicted octanol–water partition coefficient (Wildman–Crippen LogP) is 6.41. The molecule has 0 atom stereocenters. The van der Waals surface area contributed by atoms with Crippen LogP contribution < -0.4 is 14.2 Å². The minimum atomic E-state index is 0.545. The molecule has 6 nitrogen and oxygen atoms in total. The highest BCUT2D eigenvalue weighted by atomic mass is 16.5. The molecule has 0 aliphatic rings. The highest BCUT2D eigenvalue weighted by Crippen LogP contribution is 2.18. The van der Waals surface area contributed by atoms with E-state index >= 15 is 0 Å². The normalized spacial score (nSPS) is 11.4. The Labute approximate surface area is 211 Å². The highest BCUT2D eigenvalue weighted by Gasteiger charge is 2.02. The van der Waals surface area contributed by atoms with Gasteiger partial charge in [0.1, 0.15) is 17.2 Å². The van der Waals surface area contributed by atoms with Crippen molar-refractivity contribution >= 4 is 36.5 Å². The molecule has 6 heteroatoms. The summed E-state index contributed by atoms with van der Waals surface area (Å²) in [5.41, 5.74) is 2.95. The van der Waals surface area contributed by atoms with Gasteiger partial charge in [-0.2, -0.15) is 0 Å². The molecule has 0 N–H and O–H groups in total. The summed E-state index contributed by atoms with van der Waals surface area (Å²) in [4.78, 5) is 13.9. The van der Waals surface area contributed by atoms with E-state index in [1.54, 1.807) is 21.3 Å². The Bertz CT molecular complexity index is 1230. The summed E-state index contributed by atoms with van der Waals surface area (Å²) in [6.45, 7) is 0. The van der Waals surface area contributed by atoms with E-state index in [-0.39, 0.29) is 0 Å². The highest BCUT2D eigenvalue weighted by molar-refractivity contribution is 5.72. The Balaban J connectivity index is 1.66. The van der Waals surface area contributed by atoms with Gasteiger partial charge in [0.05, 0.1) is 21.3 Å². The molecule has 36 heavy (non-hydrogen) atoms. The molecule has 1 aromatic heterocycles. The first-order valence-corrected chi connectivity index (χ1v) is 11.4. The van der Waals surface area contributed by atoms with Crippen LogP contribution in [0, 0.1) is 0 Å². The molecule has 0 aliphatic heterocycles. The number of rotatable bonds is 9.